The normalized spacial score (nSPS) is 70.2. The zero-order valence-corrected chi connectivity index (χ0v) is 7.68. The zero-order chi connectivity index (χ0) is 7.97. The first-order chi connectivity index (χ1) is 5.82. The van der Waals surface area contributed by atoms with Gasteiger partial charge in [-0.25, -0.2) is 0 Å². The molecule has 4 rings (SSSR count). The van der Waals surface area contributed by atoms with Gasteiger partial charge in [0, 0.05) is 12.5 Å². The molecule has 66 valence electrons. The van der Waals surface area contributed by atoms with Crippen LogP contribution in [0.3, 0.4) is 0 Å². The molecule has 4 aliphatic rings. The standard InChI is InChI=1S/C11H16O/c1-12-10-3-2-8-6-11(8,10)9-4-7(9)5-10/h7-9H,2-6H2,1H3/t7-,8+,9-,10-,11-/m0/s1. The van der Waals surface area contributed by atoms with E-state index in [1.54, 1.807) is 6.42 Å². The number of hydrogen-bond donors (Lipinski definition) is 0. The molecule has 0 aliphatic heterocycles. The lowest BCUT2D eigenvalue weighted by Gasteiger charge is -2.33. The van der Waals surface area contributed by atoms with Crippen LogP contribution in [0.25, 0.3) is 0 Å². The first kappa shape index (κ1) is 6.42. The van der Waals surface area contributed by atoms with E-state index < -0.39 is 0 Å². The van der Waals surface area contributed by atoms with Crippen LogP contribution in [0.15, 0.2) is 0 Å². The second-order valence-electron chi connectivity index (χ2n) is 5.48. The largest absolute Gasteiger partial charge is 0.378 e. The highest BCUT2D eigenvalue weighted by molar-refractivity contribution is 5.31. The van der Waals surface area contributed by atoms with Gasteiger partial charge in [0.2, 0.25) is 0 Å². The average Bonchev–Trinajstić information content (AvgIpc) is 2.92. The summed E-state index contributed by atoms with van der Waals surface area (Å²) in [5.74, 6) is 3.26. The third kappa shape index (κ3) is 0.414. The van der Waals surface area contributed by atoms with Gasteiger partial charge in [-0.3, -0.25) is 0 Å². The van der Waals surface area contributed by atoms with Crippen LogP contribution in [-0.4, -0.2) is 12.7 Å². The Balaban J connectivity index is 1.85. The fourth-order valence-electron chi connectivity index (χ4n) is 4.89. The summed E-state index contributed by atoms with van der Waals surface area (Å²) in [5, 5.41) is 0. The van der Waals surface area contributed by atoms with Gasteiger partial charge in [-0.2, -0.15) is 0 Å². The Morgan fingerprint density at radius 1 is 1.33 bits per heavy atom. The molecule has 5 atom stereocenters. The van der Waals surface area contributed by atoms with Crippen LogP contribution in [0.1, 0.15) is 32.1 Å². The Morgan fingerprint density at radius 2 is 2.25 bits per heavy atom. The molecule has 4 saturated carbocycles. The molecule has 1 spiro atoms. The van der Waals surface area contributed by atoms with Gasteiger partial charge in [0.1, 0.15) is 0 Å². The van der Waals surface area contributed by atoms with Crippen LogP contribution in [0, 0.1) is 23.2 Å². The topological polar surface area (TPSA) is 9.23 Å². The average molecular weight is 164 g/mol. The highest BCUT2D eigenvalue weighted by Gasteiger charge is 2.82. The van der Waals surface area contributed by atoms with Crippen molar-refractivity contribution in [2.24, 2.45) is 23.2 Å². The fraction of sp³-hybridized carbons (Fsp3) is 1.00. The second-order valence-corrected chi connectivity index (χ2v) is 5.48. The molecule has 1 heteroatoms. The summed E-state index contributed by atoms with van der Waals surface area (Å²) in [6.45, 7) is 0. The maximum atomic E-state index is 5.87. The van der Waals surface area contributed by atoms with E-state index in [0.29, 0.717) is 5.60 Å². The quantitative estimate of drug-likeness (QED) is 0.577. The fourth-order valence-corrected chi connectivity index (χ4v) is 4.89. The monoisotopic (exact) mass is 164 g/mol. The smallest absolute Gasteiger partial charge is 0.0743 e. The lowest BCUT2D eigenvalue weighted by atomic mass is 9.84. The molecule has 12 heavy (non-hydrogen) atoms. The molecular formula is C11H16O. The van der Waals surface area contributed by atoms with Gasteiger partial charge < -0.3 is 4.74 Å². The van der Waals surface area contributed by atoms with Gasteiger partial charge >= 0.3 is 0 Å². The molecule has 4 aliphatic carbocycles. The van der Waals surface area contributed by atoms with Gasteiger partial charge in [-0.15, -0.1) is 0 Å². The highest BCUT2D eigenvalue weighted by atomic mass is 16.5. The molecule has 0 aromatic rings. The number of fused-ring (bicyclic) bond motifs is 1. The van der Waals surface area contributed by atoms with E-state index in [1.165, 1.54) is 25.7 Å². The molecule has 0 unspecified atom stereocenters. The predicted molar refractivity (Wildman–Crippen MR) is 45.7 cm³/mol. The molecule has 0 amide bonds. The Morgan fingerprint density at radius 3 is 2.92 bits per heavy atom. The number of hydrogen-bond acceptors (Lipinski definition) is 1. The molecular weight excluding hydrogens is 148 g/mol. The summed E-state index contributed by atoms with van der Waals surface area (Å²) in [4.78, 5) is 0. The summed E-state index contributed by atoms with van der Waals surface area (Å²) < 4.78 is 5.87. The molecule has 0 N–H and O–H groups in total. The highest BCUT2D eigenvalue weighted by Crippen LogP contribution is 2.85. The van der Waals surface area contributed by atoms with E-state index in [1.807, 2.05) is 7.11 Å². The van der Waals surface area contributed by atoms with Gasteiger partial charge in [0.25, 0.3) is 0 Å². The van der Waals surface area contributed by atoms with Crippen molar-refractivity contribution in [3.63, 3.8) is 0 Å². The number of rotatable bonds is 1. The molecule has 0 bridgehead atoms. The lowest BCUT2D eigenvalue weighted by molar-refractivity contribution is -0.0572. The Kier molecular flexibility index (Phi) is 0.800. The van der Waals surface area contributed by atoms with E-state index >= 15 is 0 Å². The van der Waals surface area contributed by atoms with Crippen LogP contribution >= 0.6 is 0 Å². The van der Waals surface area contributed by atoms with Crippen molar-refractivity contribution in [3.8, 4) is 0 Å². The summed E-state index contributed by atoms with van der Waals surface area (Å²) >= 11 is 0. The lowest BCUT2D eigenvalue weighted by Crippen LogP contribution is -2.37. The first-order valence-corrected chi connectivity index (χ1v) is 5.37. The Bertz CT molecular complexity index is 260. The number of ether oxygens (including phenoxy) is 1. The van der Waals surface area contributed by atoms with E-state index in [4.69, 9.17) is 4.74 Å². The summed E-state index contributed by atoms with van der Waals surface area (Å²) in [6.07, 6.45) is 7.31. The molecule has 1 nitrogen and oxygen atoms in total. The van der Waals surface area contributed by atoms with E-state index in [2.05, 4.69) is 0 Å². The van der Waals surface area contributed by atoms with Crippen LogP contribution in [-0.2, 0) is 4.74 Å². The van der Waals surface area contributed by atoms with Crippen LogP contribution in [0.5, 0.6) is 0 Å². The Labute approximate surface area is 73.5 Å². The SMILES string of the molecule is CO[C@]12CC[C@@H]3C[C@@]31[C@H]1C[C@H]1C2. The van der Waals surface area contributed by atoms with Gasteiger partial charge in [0.15, 0.2) is 0 Å². The van der Waals surface area contributed by atoms with Gasteiger partial charge in [-0.05, 0) is 49.9 Å². The van der Waals surface area contributed by atoms with E-state index in [-0.39, 0.29) is 0 Å². The van der Waals surface area contributed by atoms with Crippen LogP contribution in [0.4, 0.5) is 0 Å². The molecule has 0 radical (unpaired) electrons. The van der Waals surface area contributed by atoms with E-state index in [9.17, 15) is 0 Å². The van der Waals surface area contributed by atoms with Gasteiger partial charge in [-0.1, -0.05) is 0 Å². The molecule has 0 saturated heterocycles. The van der Waals surface area contributed by atoms with Crippen molar-refractivity contribution in [2.75, 3.05) is 7.11 Å². The maximum Gasteiger partial charge on any atom is 0.0743 e. The third-order valence-electron chi connectivity index (χ3n) is 5.46. The van der Waals surface area contributed by atoms with Crippen molar-refractivity contribution < 1.29 is 4.74 Å². The predicted octanol–water partition coefficient (Wildman–Crippen LogP) is 2.21. The van der Waals surface area contributed by atoms with Crippen LogP contribution in [0.2, 0.25) is 0 Å². The molecule has 4 fully saturated rings. The minimum Gasteiger partial charge on any atom is -0.378 e. The van der Waals surface area contributed by atoms with Crippen molar-refractivity contribution in [2.45, 2.75) is 37.7 Å². The van der Waals surface area contributed by atoms with Crippen molar-refractivity contribution in [1.82, 2.24) is 0 Å². The summed E-state index contributed by atoms with van der Waals surface area (Å²) in [5.41, 5.74) is 1.11. The van der Waals surface area contributed by atoms with Gasteiger partial charge in [0.05, 0.1) is 5.60 Å². The van der Waals surface area contributed by atoms with Crippen molar-refractivity contribution in [3.05, 3.63) is 0 Å². The third-order valence-corrected chi connectivity index (χ3v) is 5.46. The minimum absolute atomic E-state index is 0.380. The van der Waals surface area contributed by atoms with E-state index in [0.717, 1.165) is 23.2 Å². The minimum atomic E-state index is 0.380. The summed E-state index contributed by atoms with van der Waals surface area (Å²) in [7, 11) is 1.95. The first-order valence-electron chi connectivity index (χ1n) is 5.37. The second kappa shape index (κ2) is 1.50. The zero-order valence-electron chi connectivity index (χ0n) is 7.68. The summed E-state index contributed by atoms with van der Waals surface area (Å²) in [6, 6.07) is 0. The van der Waals surface area contributed by atoms with Crippen molar-refractivity contribution in [1.29, 1.82) is 0 Å². The molecule has 0 aromatic heterocycles. The van der Waals surface area contributed by atoms with Crippen molar-refractivity contribution >= 4 is 0 Å². The van der Waals surface area contributed by atoms with Crippen LogP contribution < -0.4 is 0 Å². The molecule has 0 aromatic carbocycles. The number of methoxy groups -OCH3 is 1. The maximum absolute atomic E-state index is 5.87. The molecule has 0 heterocycles. The Hall–Kier alpha value is -0.0400.